The summed E-state index contributed by atoms with van der Waals surface area (Å²) in [6, 6.07) is 13.5. The molecule has 4 aromatic rings. The number of anilines is 5. The maximum atomic E-state index is 12.6. The fraction of sp³-hybridized carbons (Fsp3) is 0.259. The van der Waals surface area contributed by atoms with Crippen LogP contribution in [-0.4, -0.2) is 46.5 Å². The van der Waals surface area contributed by atoms with Gasteiger partial charge < -0.3 is 19.7 Å². The van der Waals surface area contributed by atoms with Gasteiger partial charge >= 0.3 is 0 Å². The molecular formula is C27H28ClN7O3. The molecule has 0 bridgehead atoms. The van der Waals surface area contributed by atoms with Gasteiger partial charge in [-0.25, -0.2) is 9.99 Å². The highest BCUT2D eigenvalue weighted by molar-refractivity contribution is 6.33. The highest BCUT2D eigenvalue weighted by atomic mass is 35.5. The molecular weight excluding hydrogens is 506 g/mol. The maximum absolute atomic E-state index is 12.6. The lowest BCUT2D eigenvalue weighted by Crippen LogP contribution is -2.29. The van der Waals surface area contributed by atoms with Gasteiger partial charge in [0, 0.05) is 19.0 Å². The van der Waals surface area contributed by atoms with Crippen molar-refractivity contribution < 1.29 is 14.3 Å². The van der Waals surface area contributed by atoms with Crippen molar-refractivity contribution >= 4 is 46.3 Å². The number of ether oxygens (including phenoxy) is 2. The molecule has 3 heterocycles. The molecule has 2 aromatic carbocycles. The summed E-state index contributed by atoms with van der Waals surface area (Å²) in [5.74, 6) is 2.02. The smallest absolute Gasteiger partial charge is 0.229 e. The summed E-state index contributed by atoms with van der Waals surface area (Å²) in [6.45, 7) is 2.57. The van der Waals surface area contributed by atoms with Gasteiger partial charge in [0.05, 0.1) is 49.9 Å². The Morgan fingerprint density at radius 1 is 1.11 bits per heavy atom. The lowest BCUT2D eigenvalue weighted by Gasteiger charge is -2.25. The van der Waals surface area contributed by atoms with Crippen LogP contribution in [0, 0.1) is 0 Å². The first-order valence-electron chi connectivity index (χ1n) is 12.3. The number of nitrogens with one attached hydrogen (secondary N) is 1. The van der Waals surface area contributed by atoms with Crippen LogP contribution in [0.25, 0.3) is 0 Å². The number of aryl methyl sites for hydroxylation is 1. The normalized spacial score (nSPS) is 13.1. The van der Waals surface area contributed by atoms with Gasteiger partial charge in [0.1, 0.15) is 10.8 Å². The van der Waals surface area contributed by atoms with Crippen LogP contribution in [0.15, 0.2) is 61.1 Å². The molecule has 1 amide bonds. The number of methoxy groups -OCH3 is 2. The van der Waals surface area contributed by atoms with Crippen molar-refractivity contribution in [2.45, 2.75) is 26.2 Å². The average molecular weight is 534 g/mol. The average Bonchev–Trinajstić information content (AvgIpc) is 3.35. The van der Waals surface area contributed by atoms with E-state index in [0.29, 0.717) is 46.9 Å². The topological polar surface area (TPSA) is 97.6 Å². The van der Waals surface area contributed by atoms with Gasteiger partial charge in [-0.2, -0.15) is 14.9 Å². The molecule has 10 nitrogen and oxygen atoms in total. The van der Waals surface area contributed by atoms with Crippen molar-refractivity contribution in [3.8, 4) is 11.5 Å². The van der Waals surface area contributed by atoms with E-state index in [2.05, 4.69) is 15.4 Å². The van der Waals surface area contributed by atoms with Gasteiger partial charge in [-0.1, -0.05) is 29.8 Å². The van der Waals surface area contributed by atoms with E-state index in [0.717, 1.165) is 29.8 Å². The Hall–Kier alpha value is -4.31. The fourth-order valence-corrected chi connectivity index (χ4v) is 4.65. The minimum absolute atomic E-state index is 0.121. The van der Waals surface area contributed by atoms with E-state index in [1.807, 2.05) is 54.3 Å². The van der Waals surface area contributed by atoms with Crippen LogP contribution >= 0.6 is 11.6 Å². The van der Waals surface area contributed by atoms with E-state index in [1.165, 1.54) is 6.20 Å². The van der Waals surface area contributed by atoms with Crippen LogP contribution in [0.3, 0.4) is 0 Å². The third-order valence-electron chi connectivity index (χ3n) is 6.31. The van der Waals surface area contributed by atoms with Crippen molar-refractivity contribution in [1.82, 2.24) is 19.9 Å². The van der Waals surface area contributed by atoms with E-state index in [4.69, 9.17) is 26.1 Å². The largest absolute Gasteiger partial charge is 0.494 e. The number of halogens is 1. The highest BCUT2D eigenvalue weighted by Gasteiger charge is 2.24. The lowest BCUT2D eigenvalue weighted by molar-refractivity contribution is -0.118. The summed E-state index contributed by atoms with van der Waals surface area (Å²) in [5.41, 5.74) is 3.41. The van der Waals surface area contributed by atoms with E-state index in [9.17, 15) is 4.79 Å². The summed E-state index contributed by atoms with van der Waals surface area (Å²) in [7, 11) is 3.18. The summed E-state index contributed by atoms with van der Waals surface area (Å²) < 4.78 is 11.0. The molecule has 196 valence electrons. The van der Waals surface area contributed by atoms with Gasteiger partial charge in [0.25, 0.3) is 0 Å². The maximum Gasteiger partial charge on any atom is 0.229 e. The van der Waals surface area contributed by atoms with Crippen molar-refractivity contribution in [1.29, 1.82) is 0 Å². The van der Waals surface area contributed by atoms with E-state index in [-0.39, 0.29) is 5.91 Å². The zero-order valence-corrected chi connectivity index (χ0v) is 22.1. The number of amides is 1. The molecule has 0 saturated heterocycles. The summed E-state index contributed by atoms with van der Waals surface area (Å²) in [5, 5.41) is 9.81. The number of carbonyl (C=O) groups excluding carboxylic acids is 1. The van der Waals surface area contributed by atoms with Crippen LogP contribution in [0.4, 0.5) is 28.8 Å². The quantitative estimate of drug-likeness (QED) is 0.322. The summed E-state index contributed by atoms with van der Waals surface area (Å²) >= 11 is 6.62. The molecule has 38 heavy (non-hydrogen) atoms. The Kier molecular flexibility index (Phi) is 7.32. The van der Waals surface area contributed by atoms with E-state index in [1.54, 1.807) is 36.4 Å². The standard InChI is InChI=1S/C27H28ClN7O3/c1-4-33-23-14-24(38-3)22(13-18(23)9-8-12-25(33)36)31-27-29-16-21(28)26(32-27)35(19-10-6-5-7-11-19)34-17-20(37-2)15-30-34/h5-7,10-11,13-17H,4,8-9,12H2,1-3H3,(H,29,31,32). The predicted octanol–water partition coefficient (Wildman–Crippen LogP) is 5.38. The van der Waals surface area contributed by atoms with Crippen LogP contribution in [0.1, 0.15) is 25.3 Å². The summed E-state index contributed by atoms with van der Waals surface area (Å²) in [4.78, 5) is 25.2. The molecule has 0 spiro atoms. The molecule has 2 aromatic heterocycles. The minimum atomic E-state index is 0.121. The summed E-state index contributed by atoms with van der Waals surface area (Å²) in [6.07, 6.45) is 6.96. The molecule has 0 atom stereocenters. The first kappa shape index (κ1) is 25.3. The number of aromatic nitrogens is 4. The minimum Gasteiger partial charge on any atom is -0.494 e. The Bertz CT molecular complexity index is 1440. The van der Waals surface area contributed by atoms with E-state index >= 15 is 0 Å². The Morgan fingerprint density at radius 3 is 2.63 bits per heavy atom. The van der Waals surface area contributed by atoms with Crippen LogP contribution in [0.5, 0.6) is 11.5 Å². The number of carbonyl (C=O) groups is 1. The van der Waals surface area contributed by atoms with Crippen LogP contribution in [0.2, 0.25) is 5.02 Å². The zero-order valence-electron chi connectivity index (χ0n) is 21.4. The predicted molar refractivity (Wildman–Crippen MR) is 147 cm³/mol. The van der Waals surface area contributed by atoms with Crippen molar-refractivity contribution in [3.63, 3.8) is 0 Å². The number of nitrogens with zero attached hydrogens (tertiary/aromatic N) is 6. The molecule has 0 aliphatic carbocycles. The van der Waals surface area contributed by atoms with Gasteiger partial charge in [-0.15, -0.1) is 0 Å². The third kappa shape index (κ3) is 4.95. The van der Waals surface area contributed by atoms with Gasteiger partial charge in [0.2, 0.25) is 11.9 Å². The molecule has 1 aliphatic heterocycles. The molecule has 0 saturated carbocycles. The molecule has 0 unspecified atom stereocenters. The molecule has 0 radical (unpaired) electrons. The lowest BCUT2D eigenvalue weighted by atomic mass is 10.1. The number of benzene rings is 2. The van der Waals surface area contributed by atoms with E-state index < -0.39 is 0 Å². The Labute approximate surface area is 225 Å². The monoisotopic (exact) mass is 533 g/mol. The number of hydrogen-bond donors (Lipinski definition) is 1. The van der Waals surface area contributed by atoms with Gasteiger partial charge in [0.15, 0.2) is 11.6 Å². The third-order valence-corrected chi connectivity index (χ3v) is 6.57. The second kappa shape index (κ2) is 11.0. The second-order valence-corrected chi connectivity index (χ2v) is 9.02. The fourth-order valence-electron chi connectivity index (χ4n) is 4.48. The zero-order chi connectivity index (χ0) is 26.6. The molecule has 5 rings (SSSR count). The number of fused-ring (bicyclic) bond motifs is 1. The van der Waals surface area contributed by atoms with Gasteiger partial charge in [-0.05, 0) is 43.5 Å². The first-order valence-corrected chi connectivity index (χ1v) is 12.6. The first-order chi connectivity index (χ1) is 18.5. The van der Waals surface area contributed by atoms with Crippen LogP contribution in [-0.2, 0) is 11.2 Å². The number of rotatable bonds is 8. The van der Waals surface area contributed by atoms with Crippen LogP contribution < -0.4 is 24.7 Å². The Balaban J connectivity index is 1.55. The molecule has 1 aliphatic rings. The SMILES string of the molecule is CCN1C(=O)CCCc2cc(Nc3ncc(Cl)c(N(c4ccccc4)n4cc(OC)cn4)n3)c(OC)cc21. The van der Waals surface area contributed by atoms with Crippen molar-refractivity contribution in [2.24, 2.45) is 0 Å². The van der Waals surface area contributed by atoms with Gasteiger partial charge in [-0.3, -0.25) is 4.79 Å². The molecule has 11 heteroatoms. The Morgan fingerprint density at radius 2 is 1.92 bits per heavy atom. The molecule has 0 fully saturated rings. The molecule has 1 N–H and O–H groups in total. The van der Waals surface area contributed by atoms with Crippen molar-refractivity contribution in [3.05, 3.63) is 71.6 Å². The number of para-hydroxylation sites is 1. The highest BCUT2D eigenvalue weighted by Crippen LogP contribution is 2.38. The number of hydrogen-bond acceptors (Lipinski definition) is 8. The second-order valence-electron chi connectivity index (χ2n) is 8.61. The van der Waals surface area contributed by atoms with Crippen molar-refractivity contribution in [2.75, 3.05) is 36.0 Å².